The van der Waals surface area contributed by atoms with Crippen LogP contribution in [0, 0.1) is 0 Å². The minimum Gasteiger partial charge on any atom is -0.493 e. The first-order chi connectivity index (χ1) is 11.5. The predicted molar refractivity (Wildman–Crippen MR) is 89.3 cm³/mol. The molecule has 0 aliphatic carbocycles. The number of rotatable bonds is 8. The number of nitrogens with zero attached hydrogens (tertiary/aromatic N) is 1. The van der Waals surface area contributed by atoms with Crippen LogP contribution in [0.25, 0.3) is 0 Å². The highest BCUT2D eigenvalue weighted by atomic mass is 32.1. The molecule has 128 valence electrons. The van der Waals surface area contributed by atoms with Crippen molar-refractivity contribution in [1.29, 1.82) is 0 Å². The van der Waals surface area contributed by atoms with Gasteiger partial charge in [0.05, 0.1) is 18.7 Å². The highest BCUT2D eigenvalue weighted by Gasteiger charge is 2.12. The van der Waals surface area contributed by atoms with Crippen LogP contribution in [0.5, 0.6) is 11.5 Å². The second-order valence-corrected chi connectivity index (χ2v) is 5.68. The molecule has 24 heavy (non-hydrogen) atoms. The van der Waals surface area contributed by atoms with Crippen molar-refractivity contribution in [1.82, 2.24) is 10.3 Å². The Morgan fingerprint density at radius 1 is 1.33 bits per heavy atom. The highest BCUT2D eigenvalue weighted by molar-refractivity contribution is 7.09. The van der Waals surface area contributed by atoms with Crippen LogP contribution < -0.4 is 14.8 Å². The maximum Gasteiger partial charge on any atom is 0.355 e. The number of aromatic carboxylic acids is 1. The number of carboxylic acid groups (broad SMARTS) is 1. The van der Waals surface area contributed by atoms with Crippen molar-refractivity contribution in [3.8, 4) is 11.5 Å². The summed E-state index contributed by atoms with van der Waals surface area (Å²) in [6.45, 7) is 2.74. The molecule has 0 fully saturated rings. The number of carboxylic acids is 1. The Hall–Kier alpha value is -2.61. The number of amides is 1. The summed E-state index contributed by atoms with van der Waals surface area (Å²) in [6.07, 6.45) is 0.470. The molecule has 0 saturated carbocycles. The van der Waals surface area contributed by atoms with Gasteiger partial charge in [-0.3, -0.25) is 4.79 Å². The fourth-order valence-electron chi connectivity index (χ4n) is 1.99. The smallest absolute Gasteiger partial charge is 0.355 e. The van der Waals surface area contributed by atoms with E-state index in [0.717, 1.165) is 0 Å². The average Bonchev–Trinajstić information content (AvgIpc) is 3.04. The minimum absolute atomic E-state index is 0.0255. The molecular formula is C16H18N2O5S. The molecule has 7 nitrogen and oxygen atoms in total. The lowest BCUT2D eigenvalue weighted by Crippen LogP contribution is -2.25. The van der Waals surface area contributed by atoms with Crippen LogP contribution in [0.15, 0.2) is 23.6 Å². The van der Waals surface area contributed by atoms with E-state index in [1.165, 1.54) is 23.8 Å². The van der Waals surface area contributed by atoms with E-state index >= 15 is 0 Å². The van der Waals surface area contributed by atoms with Crippen molar-refractivity contribution in [3.63, 3.8) is 0 Å². The summed E-state index contributed by atoms with van der Waals surface area (Å²) in [6, 6.07) is 4.97. The molecule has 2 N–H and O–H groups in total. The largest absolute Gasteiger partial charge is 0.493 e. The number of hydrogen-bond donors (Lipinski definition) is 2. The van der Waals surface area contributed by atoms with E-state index in [9.17, 15) is 9.59 Å². The molecule has 0 bridgehead atoms. The molecule has 0 aliphatic heterocycles. The van der Waals surface area contributed by atoms with Gasteiger partial charge in [0.15, 0.2) is 17.2 Å². The zero-order chi connectivity index (χ0) is 17.5. The van der Waals surface area contributed by atoms with Gasteiger partial charge in [-0.15, -0.1) is 11.3 Å². The van der Waals surface area contributed by atoms with E-state index in [0.29, 0.717) is 41.6 Å². The Morgan fingerprint density at radius 3 is 2.75 bits per heavy atom. The van der Waals surface area contributed by atoms with Crippen LogP contribution >= 0.6 is 11.3 Å². The Kier molecular flexibility index (Phi) is 6.14. The second-order valence-electron chi connectivity index (χ2n) is 4.74. The Labute approximate surface area is 143 Å². The number of benzene rings is 1. The molecule has 1 heterocycles. The Morgan fingerprint density at radius 2 is 2.12 bits per heavy atom. The Bertz CT molecular complexity index is 729. The molecule has 2 aromatic rings. The lowest BCUT2D eigenvalue weighted by molar-refractivity contribution is 0.0690. The Balaban J connectivity index is 1.93. The molecule has 8 heteroatoms. The van der Waals surface area contributed by atoms with Crippen LogP contribution in [0.3, 0.4) is 0 Å². The topological polar surface area (TPSA) is 97.8 Å². The molecular weight excluding hydrogens is 332 g/mol. The molecule has 0 spiro atoms. The van der Waals surface area contributed by atoms with Gasteiger partial charge in [-0.25, -0.2) is 9.78 Å². The minimum atomic E-state index is -1.05. The van der Waals surface area contributed by atoms with Gasteiger partial charge >= 0.3 is 5.97 Å². The van der Waals surface area contributed by atoms with Gasteiger partial charge in [-0.2, -0.15) is 0 Å². The number of nitrogens with one attached hydrogen (secondary N) is 1. The average molecular weight is 350 g/mol. The summed E-state index contributed by atoms with van der Waals surface area (Å²) in [5.74, 6) is -0.217. The third-order valence-electron chi connectivity index (χ3n) is 3.12. The van der Waals surface area contributed by atoms with Gasteiger partial charge in [0, 0.05) is 23.9 Å². The summed E-state index contributed by atoms with van der Waals surface area (Å²) in [5.41, 5.74) is 0.484. The van der Waals surface area contributed by atoms with Crippen LogP contribution in [-0.4, -0.2) is 42.2 Å². The third-order valence-corrected chi connectivity index (χ3v) is 4.03. The summed E-state index contributed by atoms with van der Waals surface area (Å²) in [5, 5.41) is 13.7. The maximum atomic E-state index is 12.2. The molecule has 2 rings (SSSR count). The second kappa shape index (κ2) is 8.30. The van der Waals surface area contributed by atoms with Crippen molar-refractivity contribution in [2.45, 2.75) is 13.3 Å². The van der Waals surface area contributed by atoms with Gasteiger partial charge in [0.25, 0.3) is 5.91 Å². The fraction of sp³-hybridized carbons (Fsp3) is 0.312. The number of thiazole rings is 1. The number of carbonyl (C=O) groups excluding carboxylic acids is 1. The van der Waals surface area contributed by atoms with Gasteiger partial charge in [0.2, 0.25) is 0 Å². The van der Waals surface area contributed by atoms with E-state index in [4.69, 9.17) is 14.6 Å². The molecule has 0 unspecified atom stereocenters. The van der Waals surface area contributed by atoms with Crippen molar-refractivity contribution in [2.75, 3.05) is 20.3 Å². The molecule has 0 atom stereocenters. The lowest BCUT2D eigenvalue weighted by atomic mass is 10.2. The number of carbonyl (C=O) groups is 2. The number of aromatic nitrogens is 1. The van der Waals surface area contributed by atoms with Crippen molar-refractivity contribution < 1.29 is 24.2 Å². The summed E-state index contributed by atoms with van der Waals surface area (Å²) in [4.78, 5) is 26.9. The zero-order valence-corrected chi connectivity index (χ0v) is 14.2. The van der Waals surface area contributed by atoms with E-state index in [1.54, 1.807) is 18.2 Å². The van der Waals surface area contributed by atoms with Crippen LogP contribution in [-0.2, 0) is 6.42 Å². The van der Waals surface area contributed by atoms with Crippen LogP contribution in [0.2, 0.25) is 0 Å². The van der Waals surface area contributed by atoms with Gasteiger partial charge < -0.3 is 19.9 Å². The van der Waals surface area contributed by atoms with E-state index in [-0.39, 0.29) is 11.6 Å². The first kappa shape index (κ1) is 17.7. The van der Waals surface area contributed by atoms with Crippen LogP contribution in [0.4, 0.5) is 0 Å². The first-order valence-electron chi connectivity index (χ1n) is 7.31. The number of methoxy groups -OCH3 is 1. The maximum absolute atomic E-state index is 12.2. The standard InChI is InChI=1S/C16H18N2O5S/c1-3-23-12-5-4-10(8-13(12)22-2)15(19)17-7-6-14-18-11(9-24-14)16(20)21/h4-5,8-9H,3,6-7H2,1-2H3,(H,17,19)(H,20,21). The van der Waals surface area contributed by atoms with Crippen molar-refractivity contribution in [3.05, 3.63) is 39.8 Å². The van der Waals surface area contributed by atoms with Crippen molar-refractivity contribution in [2.24, 2.45) is 0 Å². The molecule has 0 saturated heterocycles. The molecule has 0 aliphatic rings. The SMILES string of the molecule is CCOc1ccc(C(=O)NCCc2nc(C(=O)O)cs2)cc1OC. The third kappa shape index (κ3) is 4.45. The van der Waals surface area contributed by atoms with Gasteiger partial charge in [0.1, 0.15) is 0 Å². The van der Waals surface area contributed by atoms with Crippen molar-refractivity contribution >= 4 is 23.2 Å². The van der Waals surface area contributed by atoms with E-state index in [2.05, 4.69) is 10.3 Å². The monoisotopic (exact) mass is 350 g/mol. The summed E-state index contributed by atoms with van der Waals surface area (Å²) in [7, 11) is 1.52. The van der Waals surface area contributed by atoms with E-state index in [1.807, 2.05) is 6.92 Å². The molecule has 1 aromatic heterocycles. The first-order valence-corrected chi connectivity index (χ1v) is 8.19. The highest BCUT2D eigenvalue weighted by Crippen LogP contribution is 2.27. The lowest BCUT2D eigenvalue weighted by Gasteiger charge is -2.11. The summed E-state index contributed by atoms with van der Waals surface area (Å²) < 4.78 is 10.6. The van der Waals surface area contributed by atoms with Gasteiger partial charge in [-0.1, -0.05) is 0 Å². The molecule has 1 amide bonds. The summed E-state index contributed by atoms with van der Waals surface area (Å²) >= 11 is 1.26. The van der Waals surface area contributed by atoms with E-state index < -0.39 is 5.97 Å². The number of hydrogen-bond acceptors (Lipinski definition) is 6. The normalized spacial score (nSPS) is 10.2. The van der Waals surface area contributed by atoms with Crippen LogP contribution in [0.1, 0.15) is 32.8 Å². The predicted octanol–water partition coefficient (Wildman–Crippen LogP) is 2.22. The quantitative estimate of drug-likeness (QED) is 0.757. The number of ether oxygens (including phenoxy) is 2. The zero-order valence-electron chi connectivity index (χ0n) is 13.4. The fourth-order valence-corrected chi connectivity index (χ4v) is 2.76. The van der Waals surface area contributed by atoms with Gasteiger partial charge in [-0.05, 0) is 25.1 Å². The molecule has 1 aromatic carbocycles. The molecule has 0 radical (unpaired) electrons.